The first-order valence-electron chi connectivity index (χ1n) is 4.18. The molecule has 0 bridgehead atoms. The van der Waals surface area contributed by atoms with Gasteiger partial charge in [0.1, 0.15) is 0 Å². The number of quaternary nitrogens is 1. The Kier molecular flexibility index (Phi) is 5.07. The number of hydrogen-bond donors (Lipinski definition) is 2. The zero-order chi connectivity index (χ0) is 8.85. The van der Waals surface area contributed by atoms with Gasteiger partial charge >= 0.3 is 0 Å². The molecule has 0 aliphatic carbocycles. The molecule has 1 atom stereocenters. The molecule has 11 heavy (non-hydrogen) atoms. The number of carbonyl (C=O) groups excluding carboxylic acids is 1. The number of nitrogens with two attached hydrogens (primary N) is 1. The van der Waals surface area contributed by atoms with Crippen LogP contribution in [0.25, 0.3) is 0 Å². The molecule has 0 rings (SSSR count). The van der Waals surface area contributed by atoms with Crippen LogP contribution in [0.3, 0.4) is 0 Å². The molecule has 0 spiro atoms. The molecule has 0 aromatic heterocycles. The molecule has 5 N–H and O–H groups in total. The smallest absolute Gasteiger partial charge is 0.152 e. The normalized spacial score (nSPS) is 13.5. The number of ketones is 1. The van der Waals surface area contributed by atoms with E-state index in [1.54, 1.807) is 0 Å². The van der Waals surface area contributed by atoms with Crippen LogP contribution in [0.5, 0.6) is 0 Å². The van der Waals surface area contributed by atoms with Gasteiger partial charge in [0.2, 0.25) is 0 Å². The van der Waals surface area contributed by atoms with Gasteiger partial charge in [-0.05, 0) is 12.8 Å². The SMILES string of the molecule is CC(C)C(=O)C(N)CCC[NH3+]. The average molecular weight is 159 g/mol. The first kappa shape index (κ1) is 10.6. The van der Waals surface area contributed by atoms with E-state index in [-0.39, 0.29) is 17.7 Å². The molecule has 0 heterocycles. The van der Waals surface area contributed by atoms with Gasteiger partial charge in [-0.15, -0.1) is 0 Å². The Hall–Kier alpha value is -0.410. The molecule has 0 amide bonds. The van der Waals surface area contributed by atoms with Crippen LogP contribution in [0.2, 0.25) is 0 Å². The van der Waals surface area contributed by atoms with E-state index in [2.05, 4.69) is 5.73 Å². The molecule has 0 aromatic carbocycles. The molecular formula is C8H19N2O+. The van der Waals surface area contributed by atoms with Crippen molar-refractivity contribution in [3.63, 3.8) is 0 Å². The fraction of sp³-hybridized carbons (Fsp3) is 0.875. The van der Waals surface area contributed by atoms with Crippen LogP contribution in [0.1, 0.15) is 26.7 Å². The lowest BCUT2D eigenvalue weighted by molar-refractivity contribution is -0.368. The zero-order valence-electron chi connectivity index (χ0n) is 7.47. The fourth-order valence-corrected chi connectivity index (χ4v) is 0.935. The van der Waals surface area contributed by atoms with Crippen molar-refractivity contribution >= 4 is 5.78 Å². The van der Waals surface area contributed by atoms with Crippen molar-refractivity contribution in [1.82, 2.24) is 0 Å². The summed E-state index contributed by atoms with van der Waals surface area (Å²) in [6, 6.07) is -0.267. The summed E-state index contributed by atoms with van der Waals surface area (Å²) in [6.45, 7) is 4.62. The molecule has 0 aliphatic rings. The Balaban J connectivity index is 3.64. The zero-order valence-corrected chi connectivity index (χ0v) is 7.47. The first-order chi connectivity index (χ1) is 5.09. The van der Waals surface area contributed by atoms with Gasteiger partial charge in [-0.3, -0.25) is 4.79 Å². The summed E-state index contributed by atoms with van der Waals surface area (Å²) < 4.78 is 0. The highest BCUT2D eigenvalue weighted by atomic mass is 16.1. The Bertz CT molecular complexity index is 123. The highest BCUT2D eigenvalue weighted by molar-refractivity contribution is 5.85. The maximum Gasteiger partial charge on any atom is 0.152 e. The minimum atomic E-state index is -0.267. The lowest BCUT2D eigenvalue weighted by atomic mass is 9.99. The highest BCUT2D eigenvalue weighted by Gasteiger charge is 2.15. The third kappa shape index (κ3) is 4.11. The van der Waals surface area contributed by atoms with Gasteiger partial charge in [-0.25, -0.2) is 0 Å². The Labute approximate surface area is 68.1 Å². The number of rotatable bonds is 5. The van der Waals surface area contributed by atoms with E-state index >= 15 is 0 Å². The first-order valence-corrected chi connectivity index (χ1v) is 4.18. The Morgan fingerprint density at radius 3 is 2.45 bits per heavy atom. The lowest BCUT2D eigenvalue weighted by Crippen LogP contribution is -2.50. The van der Waals surface area contributed by atoms with Gasteiger partial charge in [-0.2, -0.15) is 0 Å². The topological polar surface area (TPSA) is 70.7 Å². The van der Waals surface area contributed by atoms with Crippen molar-refractivity contribution in [2.75, 3.05) is 6.54 Å². The molecule has 0 aliphatic heterocycles. The van der Waals surface area contributed by atoms with Gasteiger partial charge in [0.15, 0.2) is 5.78 Å². The predicted molar refractivity (Wildman–Crippen MR) is 44.8 cm³/mol. The van der Waals surface area contributed by atoms with Crippen molar-refractivity contribution in [2.24, 2.45) is 11.7 Å². The third-order valence-electron chi connectivity index (χ3n) is 1.70. The van der Waals surface area contributed by atoms with Crippen molar-refractivity contribution in [2.45, 2.75) is 32.7 Å². The third-order valence-corrected chi connectivity index (χ3v) is 1.70. The molecule has 3 heteroatoms. The van der Waals surface area contributed by atoms with Crippen molar-refractivity contribution < 1.29 is 10.5 Å². The van der Waals surface area contributed by atoms with Crippen LogP contribution in [0.4, 0.5) is 0 Å². The molecule has 3 nitrogen and oxygen atoms in total. The number of Topliss-reactive ketones (excluding diaryl/α,β-unsaturated/α-hetero) is 1. The van der Waals surface area contributed by atoms with Gasteiger partial charge in [0, 0.05) is 5.92 Å². The van der Waals surface area contributed by atoms with E-state index < -0.39 is 0 Å². The molecule has 0 fully saturated rings. The van der Waals surface area contributed by atoms with Crippen LogP contribution in [0, 0.1) is 5.92 Å². The second-order valence-electron chi connectivity index (χ2n) is 3.16. The quantitative estimate of drug-likeness (QED) is 0.571. The second-order valence-corrected chi connectivity index (χ2v) is 3.16. The largest absolute Gasteiger partial charge is 0.358 e. The molecule has 0 saturated heterocycles. The average Bonchev–Trinajstić information content (AvgIpc) is 1.98. The van der Waals surface area contributed by atoms with Gasteiger partial charge in [0.05, 0.1) is 12.6 Å². The second kappa shape index (κ2) is 5.27. The summed E-state index contributed by atoms with van der Waals surface area (Å²) in [5.41, 5.74) is 9.32. The summed E-state index contributed by atoms with van der Waals surface area (Å²) in [6.07, 6.45) is 1.72. The summed E-state index contributed by atoms with van der Waals surface area (Å²) in [4.78, 5) is 11.2. The summed E-state index contributed by atoms with van der Waals surface area (Å²) in [5, 5.41) is 0. The van der Waals surface area contributed by atoms with Crippen LogP contribution in [-0.4, -0.2) is 18.4 Å². The molecule has 0 saturated carbocycles. The van der Waals surface area contributed by atoms with E-state index in [0.717, 1.165) is 19.4 Å². The van der Waals surface area contributed by atoms with E-state index in [1.165, 1.54) is 0 Å². The fourth-order valence-electron chi connectivity index (χ4n) is 0.935. The van der Waals surface area contributed by atoms with Crippen LogP contribution in [0.15, 0.2) is 0 Å². The molecule has 0 aromatic rings. The van der Waals surface area contributed by atoms with Crippen LogP contribution < -0.4 is 11.5 Å². The van der Waals surface area contributed by atoms with E-state index in [9.17, 15) is 4.79 Å². The minimum absolute atomic E-state index is 0.0646. The predicted octanol–water partition coefficient (Wildman–Crippen LogP) is -0.439. The van der Waals surface area contributed by atoms with E-state index in [0.29, 0.717) is 0 Å². The molecule has 66 valence electrons. The van der Waals surface area contributed by atoms with Crippen molar-refractivity contribution in [1.29, 1.82) is 0 Å². The molecule has 1 unspecified atom stereocenters. The maximum atomic E-state index is 11.2. The molecule has 0 radical (unpaired) electrons. The highest BCUT2D eigenvalue weighted by Crippen LogP contribution is 2.02. The monoisotopic (exact) mass is 159 g/mol. The van der Waals surface area contributed by atoms with Gasteiger partial charge < -0.3 is 11.5 Å². The van der Waals surface area contributed by atoms with Crippen LogP contribution in [-0.2, 0) is 4.79 Å². The summed E-state index contributed by atoms with van der Waals surface area (Å²) in [5.74, 6) is 0.230. The lowest BCUT2D eigenvalue weighted by Gasteiger charge is -2.11. The van der Waals surface area contributed by atoms with E-state index in [1.807, 2.05) is 13.8 Å². The van der Waals surface area contributed by atoms with Gasteiger partial charge in [0.25, 0.3) is 0 Å². The standard InChI is InChI=1S/C8H18N2O/c1-6(2)8(11)7(10)4-3-5-9/h6-7H,3-5,9-10H2,1-2H3/p+1. The van der Waals surface area contributed by atoms with E-state index in [4.69, 9.17) is 5.73 Å². The van der Waals surface area contributed by atoms with Crippen molar-refractivity contribution in [3.8, 4) is 0 Å². The molecular weight excluding hydrogens is 140 g/mol. The van der Waals surface area contributed by atoms with Crippen LogP contribution >= 0.6 is 0 Å². The van der Waals surface area contributed by atoms with Gasteiger partial charge in [-0.1, -0.05) is 13.8 Å². The number of hydrogen-bond acceptors (Lipinski definition) is 2. The van der Waals surface area contributed by atoms with Crippen molar-refractivity contribution in [3.05, 3.63) is 0 Å². The maximum absolute atomic E-state index is 11.2. The summed E-state index contributed by atoms with van der Waals surface area (Å²) >= 11 is 0. The minimum Gasteiger partial charge on any atom is -0.358 e. The summed E-state index contributed by atoms with van der Waals surface area (Å²) in [7, 11) is 0. The number of carbonyl (C=O) groups is 1. The Morgan fingerprint density at radius 1 is 1.55 bits per heavy atom. The Morgan fingerprint density at radius 2 is 2.09 bits per heavy atom.